The first-order valence-corrected chi connectivity index (χ1v) is 12.2. The van der Waals surface area contributed by atoms with Crippen molar-refractivity contribution in [3.05, 3.63) is 70.1 Å². The van der Waals surface area contributed by atoms with E-state index in [2.05, 4.69) is 27.8 Å². The van der Waals surface area contributed by atoms with Gasteiger partial charge in [-0.1, -0.05) is 24.3 Å². The van der Waals surface area contributed by atoms with E-state index >= 15 is 0 Å². The Bertz CT molecular complexity index is 1330. The highest BCUT2D eigenvalue weighted by molar-refractivity contribution is 7.14. The SMILES string of the molecule is C[C@@]1(C#N)COCc2ccc(C(=O)NCC(=O)Nc3nc(-c4cccc(C5CCO5)c4)cs3)cc21. The van der Waals surface area contributed by atoms with Gasteiger partial charge in [-0.25, -0.2) is 4.98 Å². The molecule has 2 aliphatic heterocycles. The Morgan fingerprint density at radius 3 is 2.91 bits per heavy atom. The molecule has 2 N–H and O–H groups in total. The summed E-state index contributed by atoms with van der Waals surface area (Å²) in [5.74, 6) is -0.756. The van der Waals surface area contributed by atoms with E-state index in [-0.39, 0.29) is 31.1 Å². The number of nitriles is 1. The van der Waals surface area contributed by atoms with Crippen molar-refractivity contribution in [1.82, 2.24) is 10.3 Å². The first-order valence-electron chi connectivity index (χ1n) is 11.3. The second-order valence-corrected chi connectivity index (χ2v) is 9.71. The molecule has 0 aliphatic carbocycles. The average molecular weight is 489 g/mol. The molecule has 2 aromatic carbocycles. The molecule has 0 spiro atoms. The fourth-order valence-corrected chi connectivity index (χ4v) is 4.92. The number of benzene rings is 2. The fourth-order valence-electron chi connectivity index (χ4n) is 4.18. The van der Waals surface area contributed by atoms with Crippen LogP contribution in [-0.4, -0.2) is 36.6 Å². The summed E-state index contributed by atoms with van der Waals surface area (Å²) in [4.78, 5) is 29.6. The number of ether oxygens (including phenoxy) is 2. The molecule has 3 aromatic rings. The number of thiazole rings is 1. The van der Waals surface area contributed by atoms with Crippen LogP contribution in [0.15, 0.2) is 47.8 Å². The molecule has 2 amide bonds. The molecule has 8 nitrogen and oxygen atoms in total. The zero-order valence-electron chi connectivity index (χ0n) is 19.2. The summed E-state index contributed by atoms with van der Waals surface area (Å²) in [5, 5.41) is 17.3. The Morgan fingerprint density at radius 1 is 1.29 bits per heavy atom. The minimum absolute atomic E-state index is 0.147. The lowest BCUT2D eigenvalue weighted by Crippen LogP contribution is -2.34. The second kappa shape index (κ2) is 9.58. The Hall–Kier alpha value is -3.58. The average Bonchev–Trinajstić information content (AvgIpc) is 3.30. The van der Waals surface area contributed by atoms with Gasteiger partial charge in [-0.05, 0) is 41.8 Å². The summed E-state index contributed by atoms with van der Waals surface area (Å²) in [6, 6.07) is 15.5. The van der Waals surface area contributed by atoms with Gasteiger partial charge in [0.25, 0.3) is 5.91 Å². The van der Waals surface area contributed by atoms with Gasteiger partial charge in [0, 0.05) is 22.9 Å². The lowest BCUT2D eigenvalue weighted by Gasteiger charge is -2.30. The van der Waals surface area contributed by atoms with Gasteiger partial charge in [0.05, 0.1) is 44.2 Å². The highest BCUT2D eigenvalue weighted by atomic mass is 32.1. The quantitative estimate of drug-likeness (QED) is 0.543. The highest BCUT2D eigenvalue weighted by Crippen LogP contribution is 2.33. The molecule has 35 heavy (non-hydrogen) atoms. The lowest BCUT2D eigenvalue weighted by atomic mass is 9.79. The van der Waals surface area contributed by atoms with E-state index in [0.29, 0.717) is 17.3 Å². The third-order valence-electron chi connectivity index (χ3n) is 6.27. The van der Waals surface area contributed by atoms with Crippen LogP contribution in [0.3, 0.4) is 0 Å². The van der Waals surface area contributed by atoms with Crippen molar-refractivity contribution >= 4 is 28.3 Å². The maximum atomic E-state index is 12.7. The standard InChI is InChI=1S/C26H24N4O4S/c1-26(14-27)15-33-12-19-6-5-18(10-20(19)26)24(32)28-11-23(31)30-25-29-21(13-35-25)16-3-2-4-17(9-16)22-7-8-34-22/h2-6,9-10,13,22H,7-8,11-12,15H2,1H3,(H,28,32)(H,29,30,31)/t22?,26-/m1/s1. The van der Waals surface area contributed by atoms with Crippen LogP contribution in [0.4, 0.5) is 5.13 Å². The lowest BCUT2D eigenvalue weighted by molar-refractivity contribution is -0.115. The fraction of sp³-hybridized carbons (Fsp3) is 0.308. The van der Waals surface area contributed by atoms with Crippen molar-refractivity contribution in [1.29, 1.82) is 5.26 Å². The number of hydrogen-bond donors (Lipinski definition) is 2. The molecule has 178 valence electrons. The largest absolute Gasteiger partial charge is 0.375 e. The van der Waals surface area contributed by atoms with E-state index in [1.165, 1.54) is 11.3 Å². The van der Waals surface area contributed by atoms with Gasteiger partial charge in [-0.3, -0.25) is 9.59 Å². The van der Waals surface area contributed by atoms with Crippen molar-refractivity contribution in [2.45, 2.75) is 31.5 Å². The van der Waals surface area contributed by atoms with Crippen LogP contribution >= 0.6 is 11.3 Å². The molecule has 1 fully saturated rings. The van der Waals surface area contributed by atoms with Crippen molar-refractivity contribution < 1.29 is 19.1 Å². The molecule has 2 aliphatic rings. The van der Waals surface area contributed by atoms with Gasteiger partial charge in [0.15, 0.2) is 5.13 Å². The van der Waals surface area contributed by atoms with E-state index in [4.69, 9.17) is 9.47 Å². The molecule has 1 aromatic heterocycles. The van der Waals surface area contributed by atoms with Gasteiger partial charge < -0.3 is 20.1 Å². The monoisotopic (exact) mass is 488 g/mol. The number of carbonyl (C=O) groups excluding carboxylic acids is 2. The van der Waals surface area contributed by atoms with E-state index in [9.17, 15) is 14.9 Å². The van der Waals surface area contributed by atoms with Gasteiger partial charge in [-0.2, -0.15) is 5.26 Å². The number of amides is 2. The number of rotatable bonds is 6. The molecule has 0 radical (unpaired) electrons. The third-order valence-corrected chi connectivity index (χ3v) is 7.03. The van der Waals surface area contributed by atoms with Gasteiger partial charge >= 0.3 is 0 Å². The smallest absolute Gasteiger partial charge is 0.251 e. The normalized spacial score (nSPS) is 20.7. The topological polar surface area (TPSA) is 113 Å². The molecule has 3 heterocycles. The van der Waals surface area contributed by atoms with Crippen LogP contribution in [0.5, 0.6) is 0 Å². The van der Waals surface area contributed by atoms with Crippen LogP contribution in [0.2, 0.25) is 0 Å². The van der Waals surface area contributed by atoms with Crippen molar-refractivity contribution in [2.24, 2.45) is 0 Å². The Labute approximate surface area is 206 Å². The number of fused-ring (bicyclic) bond motifs is 1. The summed E-state index contributed by atoms with van der Waals surface area (Å²) < 4.78 is 11.1. The highest BCUT2D eigenvalue weighted by Gasteiger charge is 2.33. The number of carbonyl (C=O) groups is 2. The van der Waals surface area contributed by atoms with Gasteiger partial charge in [-0.15, -0.1) is 11.3 Å². The predicted octanol–water partition coefficient (Wildman–Crippen LogP) is 3.95. The van der Waals surface area contributed by atoms with E-state index in [0.717, 1.165) is 41.0 Å². The van der Waals surface area contributed by atoms with Gasteiger partial charge in [0.2, 0.25) is 5.91 Å². The maximum absolute atomic E-state index is 12.7. The van der Waals surface area contributed by atoms with Crippen LogP contribution < -0.4 is 10.6 Å². The van der Waals surface area contributed by atoms with Crippen molar-refractivity contribution in [2.75, 3.05) is 25.1 Å². The molecule has 5 rings (SSSR count). The molecular formula is C26H24N4O4S. The Morgan fingerprint density at radius 2 is 2.14 bits per heavy atom. The molecule has 0 bridgehead atoms. The minimum atomic E-state index is -0.811. The van der Waals surface area contributed by atoms with E-state index in [1.54, 1.807) is 25.1 Å². The van der Waals surface area contributed by atoms with E-state index in [1.807, 2.05) is 23.6 Å². The molecule has 2 atom stereocenters. The number of hydrogen-bond acceptors (Lipinski definition) is 7. The summed E-state index contributed by atoms with van der Waals surface area (Å²) in [7, 11) is 0. The Kier molecular flexibility index (Phi) is 6.34. The summed E-state index contributed by atoms with van der Waals surface area (Å²) in [6.07, 6.45) is 1.17. The number of nitrogens with zero attached hydrogens (tertiary/aromatic N) is 2. The maximum Gasteiger partial charge on any atom is 0.251 e. The van der Waals surface area contributed by atoms with Crippen LogP contribution in [0.1, 0.15) is 46.5 Å². The van der Waals surface area contributed by atoms with Crippen LogP contribution in [0, 0.1) is 11.3 Å². The van der Waals surface area contributed by atoms with Crippen molar-refractivity contribution in [3.63, 3.8) is 0 Å². The molecule has 9 heteroatoms. The van der Waals surface area contributed by atoms with Crippen LogP contribution in [-0.2, 0) is 26.3 Å². The molecular weight excluding hydrogens is 464 g/mol. The number of anilines is 1. The molecule has 1 unspecified atom stereocenters. The zero-order chi connectivity index (χ0) is 24.4. The second-order valence-electron chi connectivity index (χ2n) is 8.85. The third kappa shape index (κ3) is 4.82. The first kappa shape index (κ1) is 23.2. The minimum Gasteiger partial charge on any atom is -0.375 e. The molecule has 0 saturated carbocycles. The summed E-state index contributed by atoms with van der Waals surface area (Å²) in [6.45, 7) is 3.07. The predicted molar refractivity (Wildman–Crippen MR) is 131 cm³/mol. The van der Waals surface area contributed by atoms with Crippen LogP contribution in [0.25, 0.3) is 11.3 Å². The summed E-state index contributed by atoms with van der Waals surface area (Å²) in [5.41, 5.74) is 4.12. The Balaban J connectivity index is 1.19. The first-order chi connectivity index (χ1) is 16.9. The zero-order valence-corrected chi connectivity index (χ0v) is 20.0. The molecule has 1 saturated heterocycles. The van der Waals surface area contributed by atoms with Gasteiger partial charge in [0.1, 0.15) is 5.41 Å². The number of aromatic nitrogens is 1. The van der Waals surface area contributed by atoms with Crippen molar-refractivity contribution in [3.8, 4) is 17.3 Å². The van der Waals surface area contributed by atoms with E-state index < -0.39 is 5.41 Å². The number of nitrogens with one attached hydrogen (secondary N) is 2. The summed E-state index contributed by atoms with van der Waals surface area (Å²) >= 11 is 1.33.